The molecular weight excluding hydrogens is 364 g/mol. The molecule has 1 unspecified atom stereocenters. The minimum atomic E-state index is -0.253. The van der Waals surface area contributed by atoms with Crippen LogP contribution in [0.15, 0.2) is 54.6 Å². The van der Waals surface area contributed by atoms with Crippen molar-refractivity contribution in [2.45, 2.75) is 38.0 Å². The molecule has 3 amide bonds. The molecule has 5 heteroatoms. The maximum atomic E-state index is 12.8. The highest BCUT2D eigenvalue weighted by molar-refractivity contribution is 6.21. The summed E-state index contributed by atoms with van der Waals surface area (Å²) >= 11 is 0. The zero-order valence-electron chi connectivity index (χ0n) is 16.5. The van der Waals surface area contributed by atoms with Gasteiger partial charge in [-0.15, -0.1) is 0 Å². The predicted molar refractivity (Wildman–Crippen MR) is 111 cm³/mol. The topological polar surface area (TPSA) is 57.7 Å². The number of carbonyl (C=O) groups is 3. The van der Waals surface area contributed by atoms with Gasteiger partial charge >= 0.3 is 0 Å². The lowest BCUT2D eigenvalue weighted by Gasteiger charge is -2.25. The van der Waals surface area contributed by atoms with E-state index < -0.39 is 0 Å². The SMILES string of the molecule is O=C(CCCN1C(=O)c2ccccc2C1=O)N1CCCCC(c2ccccc2)C1. The van der Waals surface area contributed by atoms with Crippen LogP contribution in [0.2, 0.25) is 0 Å². The van der Waals surface area contributed by atoms with E-state index in [9.17, 15) is 14.4 Å². The van der Waals surface area contributed by atoms with Crippen LogP contribution in [0.25, 0.3) is 0 Å². The summed E-state index contributed by atoms with van der Waals surface area (Å²) in [6.07, 6.45) is 4.10. The van der Waals surface area contributed by atoms with E-state index in [2.05, 4.69) is 24.3 Å². The van der Waals surface area contributed by atoms with Crippen LogP contribution < -0.4 is 0 Å². The minimum Gasteiger partial charge on any atom is -0.342 e. The zero-order chi connectivity index (χ0) is 20.2. The van der Waals surface area contributed by atoms with Gasteiger partial charge in [-0.2, -0.15) is 0 Å². The normalized spacial score (nSPS) is 19.2. The smallest absolute Gasteiger partial charge is 0.261 e. The molecule has 5 nitrogen and oxygen atoms in total. The summed E-state index contributed by atoms with van der Waals surface area (Å²) in [5.74, 6) is -0.0164. The van der Waals surface area contributed by atoms with Gasteiger partial charge in [-0.1, -0.05) is 48.9 Å². The number of benzene rings is 2. The van der Waals surface area contributed by atoms with Crippen LogP contribution in [0, 0.1) is 0 Å². The summed E-state index contributed by atoms with van der Waals surface area (Å²) < 4.78 is 0. The maximum absolute atomic E-state index is 12.8. The number of carbonyl (C=O) groups excluding carboxylic acids is 3. The Morgan fingerprint density at radius 2 is 1.55 bits per heavy atom. The van der Waals surface area contributed by atoms with E-state index in [1.807, 2.05) is 11.0 Å². The van der Waals surface area contributed by atoms with Crippen molar-refractivity contribution < 1.29 is 14.4 Å². The molecule has 0 N–H and O–H groups in total. The van der Waals surface area contributed by atoms with Gasteiger partial charge in [-0.25, -0.2) is 0 Å². The monoisotopic (exact) mass is 390 g/mol. The highest BCUT2D eigenvalue weighted by Gasteiger charge is 2.34. The van der Waals surface area contributed by atoms with Gasteiger partial charge in [-0.3, -0.25) is 19.3 Å². The summed E-state index contributed by atoms with van der Waals surface area (Å²) in [4.78, 5) is 40.9. The first-order valence-electron chi connectivity index (χ1n) is 10.4. The average molecular weight is 390 g/mol. The van der Waals surface area contributed by atoms with Gasteiger partial charge in [0.15, 0.2) is 0 Å². The Kier molecular flexibility index (Phi) is 5.74. The highest BCUT2D eigenvalue weighted by Crippen LogP contribution is 2.27. The molecule has 2 aromatic rings. The summed E-state index contributed by atoms with van der Waals surface area (Å²) in [5.41, 5.74) is 2.21. The van der Waals surface area contributed by atoms with E-state index in [4.69, 9.17) is 0 Å². The van der Waals surface area contributed by atoms with Gasteiger partial charge in [0, 0.05) is 32.0 Å². The number of likely N-dealkylation sites (tertiary alicyclic amines) is 1. The molecule has 2 aliphatic rings. The average Bonchev–Trinajstić information content (AvgIpc) is 2.93. The van der Waals surface area contributed by atoms with Crippen LogP contribution in [-0.4, -0.2) is 47.2 Å². The Labute approximate surface area is 171 Å². The third-order valence-electron chi connectivity index (χ3n) is 5.95. The predicted octanol–water partition coefficient (Wildman–Crippen LogP) is 3.86. The molecule has 1 atom stereocenters. The fraction of sp³-hybridized carbons (Fsp3) is 0.375. The highest BCUT2D eigenvalue weighted by atomic mass is 16.2. The first-order valence-corrected chi connectivity index (χ1v) is 10.4. The van der Waals surface area contributed by atoms with Crippen molar-refractivity contribution >= 4 is 17.7 Å². The molecule has 2 aromatic carbocycles. The second-order valence-electron chi connectivity index (χ2n) is 7.85. The number of hydrogen-bond acceptors (Lipinski definition) is 3. The molecule has 29 heavy (non-hydrogen) atoms. The van der Waals surface area contributed by atoms with Crippen molar-refractivity contribution in [2.75, 3.05) is 19.6 Å². The van der Waals surface area contributed by atoms with Gasteiger partial charge in [0.05, 0.1) is 11.1 Å². The number of amides is 3. The molecule has 0 aliphatic carbocycles. The summed E-state index contributed by atoms with van der Waals surface area (Å²) in [5, 5.41) is 0. The second kappa shape index (κ2) is 8.60. The van der Waals surface area contributed by atoms with Crippen LogP contribution in [0.3, 0.4) is 0 Å². The molecule has 150 valence electrons. The summed E-state index contributed by atoms with van der Waals surface area (Å²) in [7, 11) is 0. The van der Waals surface area contributed by atoms with Gasteiger partial charge in [-0.05, 0) is 37.0 Å². The third-order valence-corrected chi connectivity index (χ3v) is 5.95. The largest absolute Gasteiger partial charge is 0.342 e. The summed E-state index contributed by atoms with van der Waals surface area (Å²) in [6.45, 7) is 1.82. The molecule has 0 spiro atoms. The molecule has 2 heterocycles. The van der Waals surface area contributed by atoms with Gasteiger partial charge in [0.2, 0.25) is 5.91 Å². The molecule has 1 saturated heterocycles. The lowest BCUT2D eigenvalue weighted by molar-refractivity contribution is -0.131. The number of nitrogens with zero attached hydrogens (tertiary/aromatic N) is 2. The first kappa shape index (κ1) is 19.4. The molecular formula is C24H26N2O3. The van der Waals surface area contributed by atoms with E-state index >= 15 is 0 Å². The van der Waals surface area contributed by atoms with E-state index in [0.717, 1.165) is 32.4 Å². The van der Waals surface area contributed by atoms with Crippen molar-refractivity contribution in [3.63, 3.8) is 0 Å². The Hall–Kier alpha value is -2.95. The lowest BCUT2D eigenvalue weighted by atomic mass is 9.94. The second-order valence-corrected chi connectivity index (χ2v) is 7.85. The molecule has 0 aromatic heterocycles. The van der Waals surface area contributed by atoms with Gasteiger partial charge in [0.1, 0.15) is 0 Å². The van der Waals surface area contributed by atoms with E-state index in [0.29, 0.717) is 29.9 Å². The molecule has 1 fully saturated rings. The lowest BCUT2D eigenvalue weighted by Crippen LogP contribution is -2.35. The fourth-order valence-corrected chi connectivity index (χ4v) is 4.35. The van der Waals surface area contributed by atoms with E-state index in [-0.39, 0.29) is 24.3 Å². The van der Waals surface area contributed by atoms with E-state index in [1.165, 1.54) is 10.5 Å². The van der Waals surface area contributed by atoms with Crippen molar-refractivity contribution in [2.24, 2.45) is 0 Å². The van der Waals surface area contributed by atoms with Crippen molar-refractivity contribution in [1.82, 2.24) is 9.80 Å². The van der Waals surface area contributed by atoms with Crippen LogP contribution in [0.5, 0.6) is 0 Å². The third kappa shape index (κ3) is 4.09. The Balaban J connectivity index is 1.33. The molecule has 0 radical (unpaired) electrons. The maximum Gasteiger partial charge on any atom is 0.261 e. The first-order chi connectivity index (χ1) is 14.1. The number of fused-ring (bicyclic) bond motifs is 1. The number of imide groups is 1. The number of hydrogen-bond donors (Lipinski definition) is 0. The number of rotatable bonds is 5. The van der Waals surface area contributed by atoms with Crippen LogP contribution in [0.1, 0.15) is 64.3 Å². The summed E-state index contributed by atoms with van der Waals surface area (Å²) in [6, 6.07) is 17.3. The zero-order valence-corrected chi connectivity index (χ0v) is 16.5. The van der Waals surface area contributed by atoms with Crippen LogP contribution >= 0.6 is 0 Å². The van der Waals surface area contributed by atoms with Crippen molar-refractivity contribution in [3.8, 4) is 0 Å². The van der Waals surface area contributed by atoms with Crippen molar-refractivity contribution in [1.29, 1.82) is 0 Å². The molecule has 0 saturated carbocycles. The molecule has 0 bridgehead atoms. The van der Waals surface area contributed by atoms with E-state index in [1.54, 1.807) is 24.3 Å². The Bertz CT molecular complexity index is 874. The fourth-order valence-electron chi connectivity index (χ4n) is 4.35. The quantitative estimate of drug-likeness (QED) is 0.729. The Morgan fingerprint density at radius 3 is 2.24 bits per heavy atom. The van der Waals surface area contributed by atoms with Crippen LogP contribution in [0.4, 0.5) is 0 Å². The molecule has 2 aliphatic heterocycles. The van der Waals surface area contributed by atoms with Gasteiger partial charge in [0.25, 0.3) is 11.8 Å². The van der Waals surface area contributed by atoms with Crippen LogP contribution in [-0.2, 0) is 4.79 Å². The molecule has 4 rings (SSSR count). The van der Waals surface area contributed by atoms with Crippen molar-refractivity contribution in [3.05, 3.63) is 71.3 Å². The Morgan fingerprint density at radius 1 is 0.897 bits per heavy atom. The minimum absolute atomic E-state index is 0.115. The van der Waals surface area contributed by atoms with Gasteiger partial charge < -0.3 is 4.90 Å². The standard InChI is InChI=1S/C24H26N2O3/c27-22(25-15-7-6-11-19(17-25)18-9-2-1-3-10-18)14-8-16-26-23(28)20-12-4-5-13-21(20)24(26)29/h1-5,9-10,12-13,19H,6-8,11,14-17H2.